The fourth-order valence-corrected chi connectivity index (χ4v) is 1.93. The molecule has 0 aliphatic heterocycles. The summed E-state index contributed by atoms with van der Waals surface area (Å²) in [5, 5.41) is 12.5. The van der Waals surface area contributed by atoms with E-state index < -0.39 is 6.10 Å². The largest absolute Gasteiger partial charge is 0.467 e. The van der Waals surface area contributed by atoms with E-state index in [2.05, 4.69) is 12.2 Å². The number of hydrogen-bond donors (Lipinski definition) is 2. The van der Waals surface area contributed by atoms with Gasteiger partial charge in [0.2, 0.25) is 5.91 Å². The predicted octanol–water partition coefficient (Wildman–Crippen LogP) is 2.23. The molecule has 4 nitrogen and oxygen atoms in total. The summed E-state index contributed by atoms with van der Waals surface area (Å²) in [5.74, 6) is 0.345. The van der Waals surface area contributed by atoms with Crippen LogP contribution >= 0.6 is 0 Å². The van der Waals surface area contributed by atoms with E-state index >= 15 is 0 Å². The molecule has 0 saturated carbocycles. The van der Waals surface area contributed by atoms with Gasteiger partial charge in [-0.3, -0.25) is 4.79 Å². The number of rotatable bonds is 6. The Kier molecular flexibility index (Phi) is 4.96. The lowest BCUT2D eigenvalue weighted by molar-refractivity contribution is -0.120. The summed E-state index contributed by atoms with van der Waals surface area (Å²) in [4.78, 5) is 11.8. The van der Waals surface area contributed by atoms with E-state index in [4.69, 9.17) is 4.42 Å². The molecule has 0 aliphatic rings. The summed E-state index contributed by atoms with van der Waals surface area (Å²) in [6.07, 6.45) is 1.99. The van der Waals surface area contributed by atoms with Crippen LogP contribution in [0.15, 0.2) is 47.1 Å². The topological polar surface area (TPSA) is 62.5 Å². The number of aliphatic hydroxyl groups excluding tert-OH is 1. The summed E-state index contributed by atoms with van der Waals surface area (Å²) in [7, 11) is 0. The molecule has 20 heavy (non-hydrogen) atoms. The van der Waals surface area contributed by atoms with E-state index in [9.17, 15) is 9.90 Å². The maximum Gasteiger partial charge on any atom is 0.224 e. The van der Waals surface area contributed by atoms with Crippen LogP contribution in [0, 0.1) is 0 Å². The lowest BCUT2D eigenvalue weighted by atomic mass is 10.1. The first kappa shape index (κ1) is 14.3. The van der Waals surface area contributed by atoms with Crippen LogP contribution in [0.2, 0.25) is 0 Å². The summed E-state index contributed by atoms with van der Waals surface area (Å²) >= 11 is 0. The molecule has 1 heterocycles. The van der Waals surface area contributed by atoms with Gasteiger partial charge in [-0.15, -0.1) is 0 Å². The normalized spacial score (nSPS) is 12.1. The maximum absolute atomic E-state index is 11.8. The van der Waals surface area contributed by atoms with Crippen molar-refractivity contribution in [3.05, 3.63) is 59.5 Å². The fourth-order valence-electron chi connectivity index (χ4n) is 1.93. The van der Waals surface area contributed by atoms with E-state index in [1.807, 2.05) is 24.3 Å². The van der Waals surface area contributed by atoms with Gasteiger partial charge < -0.3 is 14.8 Å². The van der Waals surface area contributed by atoms with Crippen molar-refractivity contribution in [3.63, 3.8) is 0 Å². The molecule has 0 aliphatic carbocycles. The monoisotopic (exact) mass is 273 g/mol. The number of benzene rings is 1. The Morgan fingerprint density at radius 1 is 1.25 bits per heavy atom. The molecule has 0 radical (unpaired) electrons. The molecule has 1 amide bonds. The van der Waals surface area contributed by atoms with Crippen LogP contribution in [0.1, 0.15) is 29.9 Å². The number of nitrogens with one attached hydrogen (secondary N) is 1. The van der Waals surface area contributed by atoms with Crippen LogP contribution < -0.4 is 5.32 Å². The van der Waals surface area contributed by atoms with Gasteiger partial charge in [0.25, 0.3) is 0 Å². The van der Waals surface area contributed by atoms with Gasteiger partial charge >= 0.3 is 0 Å². The zero-order valence-electron chi connectivity index (χ0n) is 11.5. The second-order valence-corrected chi connectivity index (χ2v) is 4.68. The molecule has 0 bridgehead atoms. The Morgan fingerprint density at radius 2 is 1.95 bits per heavy atom. The van der Waals surface area contributed by atoms with Crippen molar-refractivity contribution in [1.82, 2.24) is 5.32 Å². The molecule has 0 fully saturated rings. The minimum absolute atomic E-state index is 0.111. The van der Waals surface area contributed by atoms with Gasteiger partial charge in [0.05, 0.1) is 19.2 Å². The van der Waals surface area contributed by atoms with Crippen LogP contribution in [0.3, 0.4) is 0 Å². The maximum atomic E-state index is 11.8. The highest BCUT2D eigenvalue weighted by Crippen LogP contribution is 2.11. The van der Waals surface area contributed by atoms with Crippen molar-refractivity contribution in [2.45, 2.75) is 25.9 Å². The molecule has 0 saturated heterocycles. The molecule has 106 valence electrons. The highest BCUT2D eigenvalue weighted by atomic mass is 16.4. The highest BCUT2D eigenvalue weighted by molar-refractivity contribution is 5.78. The zero-order valence-corrected chi connectivity index (χ0v) is 11.5. The second kappa shape index (κ2) is 6.91. The van der Waals surface area contributed by atoms with Crippen LogP contribution in [0.5, 0.6) is 0 Å². The SMILES string of the molecule is CCc1ccc(CC(=O)NC[C@H](O)c2ccco2)cc1. The number of amides is 1. The molecule has 1 aromatic heterocycles. The molecule has 0 unspecified atom stereocenters. The number of carbonyl (C=O) groups is 1. The first-order chi connectivity index (χ1) is 9.69. The summed E-state index contributed by atoms with van der Waals surface area (Å²) in [6, 6.07) is 11.4. The van der Waals surface area contributed by atoms with Crippen molar-refractivity contribution in [3.8, 4) is 0 Å². The van der Waals surface area contributed by atoms with E-state index in [0.717, 1.165) is 12.0 Å². The van der Waals surface area contributed by atoms with Gasteiger partial charge in [0.15, 0.2) is 0 Å². The average molecular weight is 273 g/mol. The molecule has 0 spiro atoms. The van der Waals surface area contributed by atoms with Crippen LogP contribution in [0.4, 0.5) is 0 Å². The smallest absolute Gasteiger partial charge is 0.224 e. The molecular weight excluding hydrogens is 254 g/mol. The van der Waals surface area contributed by atoms with Crippen LogP contribution in [-0.4, -0.2) is 17.6 Å². The van der Waals surface area contributed by atoms with Crippen molar-refractivity contribution in [2.24, 2.45) is 0 Å². The third-order valence-electron chi connectivity index (χ3n) is 3.16. The molecule has 4 heteroatoms. The standard InChI is InChI=1S/C16H19NO3/c1-2-12-5-7-13(8-6-12)10-16(19)17-11-14(18)15-4-3-9-20-15/h3-9,14,18H,2,10-11H2,1H3,(H,17,19)/t14-/m0/s1. The van der Waals surface area contributed by atoms with E-state index in [0.29, 0.717) is 12.2 Å². The van der Waals surface area contributed by atoms with Crippen LogP contribution in [0.25, 0.3) is 0 Å². The van der Waals surface area contributed by atoms with Crippen LogP contribution in [-0.2, 0) is 17.6 Å². The first-order valence-corrected chi connectivity index (χ1v) is 6.75. The Balaban J connectivity index is 1.80. The molecule has 2 aromatic rings. The van der Waals surface area contributed by atoms with Gasteiger partial charge in [-0.25, -0.2) is 0 Å². The van der Waals surface area contributed by atoms with Gasteiger partial charge in [-0.2, -0.15) is 0 Å². The Bertz CT molecular complexity index is 531. The first-order valence-electron chi connectivity index (χ1n) is 6.75. The Hall–Kier alpha value is -2.07. The third-order valence-corrected chi connectivity index (χ3v) is 3.16. The lowest BCUT2D eigenvalue weighted by Crippen LogP contribution is -2.29. The van der Waals surface area contributed by atoms with Crippen molar-refractivity contribution in [2.75, 3.05) is 6.54 Å². The van der Waals surface area contributed by atoms with Gasteiger partial charge in [0, 0.05) is 0 Å². The summed E-state index contributed by atoms with van der Waals surface area (Å²) in [6.45, 7) is 2.25. The number of aryl methyl sites for hydroxylation is 1. The van der Waals surface area contributed by atoms with E-state index in [1.165, 1.54) is 11.8 Å². The quantitative estimate of drug-likeness (QED) is 0.848. The number of hydrogen-bond acceptors (Lipinski definition) is 3. The van der Waals surface area contributed by atoms with Crippen molar-refractivity contribution in [1.29, 1.82) is 0 Å². The predicted molar refractivity (Wildman–Crippen MR) is 76.2 cm³/mol. The minimum Gasteiger partial charge on any atom is -0.467 e. The highest BCUT2D eigenvalue weighted by Gasteiger charge is 2.12. The lowest BCUT2D eigenvalue weighted by Gasteiger charge is -2.09. The number of carbonyl (C=O) groups excluding carboxylic acids is 1. The van der Waals surface area contributed by atoms with Gasteiger partial charge in [-0.05, 0) is 29.7 Å². The Labute approximate surface area is 118 Å². The third kappa shape index (κ3) is 3.96. The summed E-state index contributed by atoms with van der Waals surface area (Å²) < 4.78 is 5.07. The van der Waals surface area contributed by atoms with E-state index in [1.54, 1.807) is 12.1 Å². The molecule has 2 rings (SSSR count). The Morgan fingerprint density at radius 3 is 2.55 bits per heavy atom. The minimum atomic E-state index is -0.809. The molecular formula is C16H19NO3. The van der Waals surface area contributed by atoms with Crippen molar-refractivity contribution < 1.29 is 14.3 Å². The average Bonchev–Trinajstić information content (AvgIpc) is 3.00. The van der Waals surface area contributed by atoms with Crippen molar-refractivity contribution >= 4 is 5.91 Å². The number of aliphatic hydroxyl groups is 1. The zero-order chi connectivity index (χ0) is 14.4. The molecule has 1 atom stereocenters. The fraction of sp³-hybridized carbons (Fsp3) is 0.312. The molecule has 1 aromatic carbocycles. The second-order valence-electron chi connectivity index (χ2n) is 4.68. The number of furan rings is 1. The molecule has 2 N–H and O–H groups in total. The van der Waals surface area contributed by atoms with Gasteiger partial charge in [0.1, 0.15) is 11.9 Å². The van der Waals surface area contributed by atoms with Gasteiger partial charge in [-0.1, -0.05) is 31.2 Å². The van der Waals surface area contributed by atoms with E-state index in [-0.39, 0.29) is 12.5 Å². The summed E-state index contributed by atoms with van der Waals surface area (Å²) in [5.41, 5.74) is 2.22.